The van der Waals surface area contributed by atoms with Gasteiger partial charge >= 0.3 is 5.51 Å². The predicted molar refractivity (Wildman–Crippen MR) is 122 cm³/mol. The van der Waals surface area contributed by atoms with E-state index in [4.69, 9.17) is 11.6 Å². The lowest BCUT2D eigenvalue weighted by atomic mass is 10.1. The summed E-state index contributed by atoms with van der Waals surface area (Å²) in [5.74, 6) is 0.559. The van der Waals surface area contributed by atoms with Crippen molar-refractivity contribution in [2.24, 2.45) is 0 Å². The summed E-state index contributed by atoms with van der Waals surface area (Å²) in [6, 6.07) is 10.8. The summed E-state index contributed by atoms with van der Waals surface area (Å²) in [6.45, 7) is 0.749. The lowest BCUT2D eigenvalue weighted by molar-refractivity contribution is -0.0435. The number of rotatable bonds is 8. The highest BCUT2D eigenvalue weighted by Gasteiger charge is 2.48. The van der Waals surface area contributed by atoms with Crippen molar-refractivity contribution in [3.05, 3.63) is 63.9 Å². The van der Waals surface area contributed by atoms with Gasteiger partial charge in [0.05, 0.1) is 21.6 Å². The lowest BCUT2D eigenvalue weighted by Crippen LogP contribution is -2.23. The standard InChI is InChI=1S/C22H22ClF3N4O2S/c1-30(2)10-9-16-11-14(13-27)3-8-19(16)29-21(15-4-5-15)28-17-6-7-18(23)20(12-17)33(31,32)22(24,25)26/h3,6-8,11-12,28-29H,4-5,9-10H2,1-2H3. The Kier molecular flexibility index (Phi) is 7.26. The first-order valence-corrected chi connectivity index (χ1v) is 11.8. The molecule has 0 radical (unpaired) electrons. The smallest absolute Gasteiger partial charge is 0.342 e. The second-order valence-electron chi connectivity index (χ2n) is 7.86. The van der Waals surface area contributed by atoms with Crippen LogP contribution >= 0.6 is 11.6 Å². The SMILES string of the molecule is CN(C)CCc1cc(C#N)ccc1NC(Nc1ccc(Cl)c(S(=O)(=O)C(F)(F)F)c1)=C1CC1. The van der Waals surface area contributed by atoms with E-state index >= 15 is 0 Å². The van der Waals surface area contributed by atoms with E-state index in [1.165, 1.54) is 6.07 Å². The van der Waals surface area contributed by atoms with Crippen LogP contribution in [0.25, 0.3) is 0 Å². The Morgan fingerprint density at radius 3 is 2.42 bits per heavy atom. The third-order valence-corrected chi connectivity index (χ3v) is 6.94. The Bertz CT molecular complexity index is 1230. The van der Waals surface area contributed by atoms with Gasteiger partial charge in [-0.3, -0.25) is 0 Å². The van der Waals surface area contributed by atoms with Crippen LogP contribution in [0.3, 0.4) is 0 Å². The number of nitrogens with zero attached hydrogens (tertiary/aromatic N) is 2. The first-order chi connectivity index (χ1) is 15.4. The number of sulfone groups is 1. The van der Waals surface area contributed by atoms with Crippen molar-refractivity contribution in [2.45, 2.75) is 29.7 Å². The Hall–Kier alpha value is -2.74. The monoisotopic (exact) mass is 498 g/mol. The molecule has 0 heterocycles. The molecule has 1 aliphatic carbocycles. The van der Waals surface area contributed by atoms with E-state index in [1.807, 2.05) is 19.0 Å². The maximum atomic E-state index is 13.0. The largest absolute Gasteiger partial charge is 0.501 e. The van der Waals surface area contributed by atoms with Crippen LogP contribution in [0.5, 0.6) is 0 Å². The van der Waals surface area contributed by atoms with E-state index in [0.29, 0.717) is 17.8 Å². The van der Waals surface area contributed by atoms with Gasteiger partial charge in [0.2, 0.25) is 0 Å². The number of benzene rings is 2. The number of nitrogens with one attached hydrogen (secondary N) is 2. The fourth-order valence-electron chi connectivity index (χ4n) is 3.05. The second-order valence-corrected chi connectivity index (χ2v) is 10.2. The third-order valence-electron chi connectivity index (χ3n) is 4.97. The Morgan fingerprint density at radius 1 is 1.15 bits per heavy atom. The van der Waals surface area contributed by atoms with E-state index in [1.54, 1.807) is 18.2 Å². The zero-order valence-corrected chi connectivity index (χ0v) is 19.5. The lowest BCUT2D eigenvalue weighted by Gasteiger charge is -2.19. The molecule has 1 aliphatic rings. The molecule has 0 bridgehead atoms. The molecule has 0 aromatic heterocycles. The zero-order valence-electron chi connectivity index (χ0n) is 17.9. The molecule has 3 rings (SSSR count). The molecule has 1 fully saturated rings. The van der Waals surface area contributed by atoms with E-state index in [9.17, 15) is 26.9 Å². The Morgan fingerprint density at radius 2 is 1.85 bits per heavy atom. The van der Waals surface area contributed by atoms with Crippen LogP contribution in [-0.2, 0) is 16.3 Å². The number of hydrogen-bond donors (Lipinski definition) is 2. The number of alkyl halides is 3. The fraction of sp³-hybridized carbons (Fsp3) is 0.318. The highest BCUT2D eigenvalue weighted by molar-refractivity contribution is 7.92. The summed E-state index contributed by atoms with van der Waals surface area (Å²) in [6.07, 6.45) is 2.25. The molecule has 1 saturated carbocycles. The van der Waals surface area contributed by atoms with Crippen molar-refractivity contribution in [1.82, 2.24) is 4.90 Å². The summed E-state index contributed by atoms with van der Waals surface area (Å²) >= 11 is 5.77. The van der Waals surface area contributed by atoms with E-state index in [-0.39, 0.29) is 5.69 Å². The van der Waals surface area contributed by atoms with Crippen LogP contribution in [0, 0.1) is 11.3 Å². The fourth-order valence-corrected chi connectivity index (χ4v) is 4.33. The van der Waals surface area contributed by atoms with Crippen molar-refractivity contribution in [2.75, 3.05) is 31.3 Å². The molecule has 0 atom stereocenters. The topological polar surface area (TPSA) is 85.2 Å². The van der Waals surface area contributed by atoms with Crippen molar-refractivity contribution < 1.29 is 21.6 Å². The van der Waals surface area contributed by atoms with Gasteiger partial charge in [0.15, 0.2) is 0 Å². The quantitative estimate of drug-likeness (QED) is 0.524. The number of anilines is 2. The van der Waals surface area contributed by atoms with Crippen LogP contribution in [0.15, 0.2) is 52.7 Å². The molecule has 176 valence electrons. The first-order valence-electron chi connectivity index (χ1n) is 9.97. The summed E-state index contributed by atoms with van der Waals surface area (Å²) in [7, 11) is -1.73. The maximum Gasteiger partial charge on any atom is 0.501 e. The minimum absolute atomic E-state index is 0.146. The molecule has 0 spiro atoms. The van der Waals surface area contributed by atoms with E-state index in [0.717, 1.165) is 48.3 Å². The van der Waals surface area contributed by atoms with Gasteiger partial charge in [-0.05, 0) is 80.9 Å². The molecule has 0 amide bonds. The van der Waals surface area contributed by atoms with Crippen LogP contribution in [0.4, 0.5) is 24.5 Å². The van der Waals surface area contributed by atoms with Crippen molar-refractivity contribution >= 4 is 32.8 Å². The number of likely N-dealkylation sites (N-methyl/N-ethyl adjacent to an activating group) is 1. The molecular formula is C22H22ClF3N4O2S. The Balaban J connectivity index is 1.91. The molecular weight excluding hydrogens is 477 g/mol. The average molecular weight is 499 g/mol. The molecule has 2 aromatic rings. The number of halogens is 4. The van der Waals surface area contributed by atoms with E-state index in [2.05, 4.69) is 16.7 Å². The molecule has 2 N–H and O–H groups in total. The van der Waals surface area contributed by atoms with Crippen molar-refractivity contribution in [1.29, 1.82) is 5.26 Å². The van der Waals surface area contributed by atoms with Gasteiger partial charge in [-0.2, -0.15) is 18.4 Å². The van der Waals surface area contributed by atoms with Gasteiger partial charge in [0.25, 0.3) is 9.84 Å². The third kappa shape index (κ3) is 5.99. The van der Waals surface area contributed by atoms with Gasteiger partial charge in [0.1, 0.15) is 5.82 Å². The van der Waals surface area contributed by atoms with Crippen LogP contribution in [0.1, 0.15) is 24.0 Å². The highest BCUT2D eigenvalue weighted by atomic mass is 35.5. The number of allylic oxidation sites excluding steroid dienone is 1. The predicted octanol–water partition coefficient (Wildman–Crippen LogP) is 5.14. The molecule has 11 heteroatoms. The molecule has 0 saturated heterocycles. The minimum Gasteiger partial charge on any atom is -0.342 e. The Labute approximate surface area is 195 Å². The summed E-state index contributed by atoms with van der Waals surface area (Å²) in [5.41, 5.74) is -2.15. The van der Waals surface area contributed by atoms with E-state index < -0.39 is 25.3 Å². The maximum absolute atomic E-state index is 13.0. The molecule has 6 nitrogen and oxygen atoms in total. The number of hydrogen-bond acceptors (Lipinski definition) is 6. The average Bonchev–Trinajstić information content (AvgIpc) is 3.58. The van der Waals surface area contributed by atoms with Gasteiger partial charge in [-0.25, -0.2) is 8.42 Å². The zero-order chi connectivity index (χ0) is 24.4. The van der Waals surface area contributed by atoms with Gasteiger partial charge < -0.3 is 15.5 Å². The normalized spacial score (nSPS) is 13.6. The van der Waals surface area contributed by atoms with Gasteiger partial charge in [0, 0.05) is 17.9 Å². The summed E-state index contributed by atoms with van der Waals surface area (Å²) in [4.78, 5) is 1.00. The first kappa shape index (κ1) is 24.9. The summed E-state index contributed by atoms with van der Waals surface area (Å²) < 4.78 is 62.9. The molecule has 0 aliphatic heterocycles. The minimum atomic E-state index is -5.60. The molecule has 2 aromatic carbocycles. The van der Waals surface area contributed by atoms with Gasteiger partial charge in [-0.15, -0.1) is 0 Å². The van der Waals surface area contributed by atoms with Crippen LogP contribution in [0.2, 0.25) is 5.02 Å². The molecule has 0 unspecified atom stereocenters. The van der Waals surface area contributed by atoms with Crippen LogP contribution < -0.4 is 10.6 Å². The highest BCUT2D eigenvalue weighted by Crippen LogP contribution is 2.37. The second kappa shape index (κ2) is 9.63. The van der Waals surface area contributed by atoms with Crippen molar-refractivity contribution in [3.8, 4) is 6.07 Å². The number of nitriles is 1. The molecule has 33 heavy (non-hydrogen) atoms. The summed E-state index contributed by atoms with van der Waals surface area (Å²) in [5, 5.41) is 15.0. The van der Waals surface area contributed by atoms with Gasteiger partial charge in [-0.1, -0.05) is 11.6 Å². The van der Waals surface area contributed by atoms with Crippen LogP contribution in [-0.4, -0.2) is 39.5 Å². The van der Waals surface area contributed by atoms with Crippen molar-refractivity contribution in [3.63, 3.8) is 0 Å².